The van der Waals surface area contributed by atoms with Crippen LogP contribution in [0.4, 0.5) is 0 Å². The summed E-state index contributed by atoms with van der Waals surface area (Å²) in [5, 5.41) is 11.2. The van der Waals surface area contributed by atoms with Crippen LogP contribution < -0.4 is 4.74 Å². The Bertz CT molecular complexity index is 1190. The highest BCUT2D eigenvalue weighted by molar-refractivity contribution is 6.46. The van der Waals surface area contributed by atoms with Crippen molar-refractivity contribution >= 4 is 17.4 Å². The lowest BCUT2D eigenvalue weighted by atomic mass is 9.94. The average molecular weight is 443 g/mol. The molecule has 6 nitrogen and oxygen atoms in total. The second-order valence-electron chi connectivity index (χ2n) is 8.07. The molecule has 1 aliphatic rings. The van der Waals surface area contributed by atoms with Crippen LogP contribution in [0.1, 0.15) is 41.6 Å². The van der Waals surface area contributed by atoms with Crippen LogP contribution in [-0.2, 0) is 16.1 Å². The maximum absolute atomic E-state index is 13.2. The predicted molar refractivity (Wildman–Crippen MR) is 125 cm³/mol. The molecule has 0 aliphatic carbocycles. The first kappa shape index (κ1) is 22.3. The minimum Gasteiger partial charge on any atom is -0.507 e. The van der Waals surface area contributed by atoms with Gasteiger partial charge in [-0.3, -0.25) is 14.6 Å². The van der Waals surface area contributed by atoms with Gasteiger partial charge in [-0.1, -0.05) is 48.9 Å². The average Bonchev–Trinajstić information content (AvgIpc) is 3.08. The van der Waals surface area contributed by atoms with E-state index < -0.39 is 17.7 Å². The van der Waals surface area contributed by atoms with E-state index in [2.05, 4.69) is 4.98 Å². The number of aliphatic hydroxyl groups excluding tert-OH is 1. The SMILES string of the molecule is CCCOc1cccc(C(O)=C2C(=O)C(=O)N(Cc3ccncc3)C2c2ccc(C)cc2)c1. The van der Waals surface area contributed by atoms with Crippen molar-refractivity contribution in [1.29, 1.82) is 0 Å². The molecule has 1 aromatic heterocycles. The molecule has 1 aliphatic heterocycles. The number of rotatable bonds is 7. The highest BCUT2D eigenvalue weighted by Crippen LogP contribution is 2.40. The lowest BCUT2D eigenvalue weighted by Crippen LogP contribution is -2.29. The maximum atomic E-state index is 13.2. The largest absolute Gasteiger partial charge is 0.507 e. The smallest absolute Gasteiger partial charge is 0.295 e. The Balaban J connectivity index is 1.81. The molecule has 1 atom stereocenters. The fourth-order valence-electron chi connectivity index (χ4n) is 3.93. The first-order valence-electron chi connectivity index (χ1n) is 11.0. The zero-order valence-corrected chi connectivity index (χ0v) is 18.7. The summed E-state index contributed by atoms with van der Waals surface area (Å²) in [5.74, 6) is -0.957. The van der Waals surface area contributed by atoms with Gasteiger partial charge in [-0.15, -0.1) is 0 Å². The highest BCUT2D eigenvalue weighted by atomic mass is 16.5. The van der Waals surface area contributed by atoms with Crippen molar-refractivity contribution in [3.8, 4) is 5.75 Å². The molecule has 0 saturated carbocycles. The first-order valence-corrected chi connectivity index (χ1v) is 11.0. The summed E-state index contributed by atoms with van der Waals surface area (Å²) in [7, 11) is 0. The molecule has 3 aromatic rings. The van der Waals surface area contributed by atoms with Gasteiger partial charge in [-0.05, 0) is 48.7 Å². The van der Waals surface area contributed by atoms with E-state index in [9.17, 15) is 14.7 Å². The number of carbonyl (C=O) groups excluding carboxylic acids is 2. The molecule has 0 radical (unpaired) electrons. The summed E-state index contributed by atoms with van der Waals surface area (Å²) in [4.78, 5) is 31.8. The van der Waals surface area contributed by atoms with Crippen molar-refractivity contribution in [2.75, 3.05) is 6.61 Å². The first-order chi connectivity index (χ1) is 16.0. The second kappa shape index (κ2) is 9.69. The monoisotopic (exact) mass is 442 g/mol. The molecule has 6 heteroatoms. The van der Waals surface area contributed by atoms with Gasteiger partial charge in [0, 0.05) is 24.5 Å². The molecule has 1 unspecified atom stereocenters. The summed E-state index contributed by atoms with van der Waals surface area (Å²) < 4.78 is 5.68. The van der Waals surface area contributed by atoms with E-state index in [1.165, 1.54) is 4.90 Å². The number of aryl methyl sites for hydroxylation is 1. The van der Waals surface area contributed by atoms with Crippen molar-refractivity contribution in [2.24, 2.45) is 0 Å². The third-order valence-electron chi connectivity index (χ3n) is 5.62. The Kier molecular flexibility index (Phi) is 6.54. The van der Waals surface area contributed by atoms with Gasteiger partial charge in [0.25, 0.3) is 11.7 Å². The minimum absolute atomic E-state index is 0.0746. The van der Waals surface area contributed by atoms with Crippen LogP contribution in [0.2, 0.25) is 0 Å². The fourth-order valence-corrected chi connectivity index (χ4v) is 3.93. The lowest BCUT2D eigenvalue weighted by Gasteiger charge is -2.25. The van der Waals surface area contributed by atoms with Crippen LogP contribution in [-0.4, -0.2) is 33.3 Å². The third kappa shape index (κ3) is 4.65. The number of hydrogen-bond acceptors (Lipinski definition) is 5. The number of carbonyl (C=O) groups is 2. The van der Waals surface area contributed by atoms with Gasteiger partial charge in [0.15, 0.2) is 0 Å². The molecule has 168 valence electrons. The normalized spacial score (nSPS) is 17.4. The van der Waals surface area contributed by atoms with Crippen LogP contribution in [0.5, 0.6) is 5.75 Å². The van der Waals surface area contributed by atoms with Crippen LogP contribution >= 0.6 is 0 Å². The number of ketones is 1. The summed E-state index contributed by atoms with van der Waals surface area (Å²) in [6, 6.07) is 17.5. The molecule has 1 N–H and O–H groups in total. The van der Waals surface area contributed by atoms with E-state index in [1.807, 2.05) is 38.1 Å². The molecular formula is C27H26N2O4. The van der Waals surface area contributed by atoms with Crippen molar-refractivity contribution in [3.05, 3.63) is 101 Å². The molecule has 2 aromatic carbocycles. The Hall–Kier alpha value is -3.93. The Morgan fingerprint density at radius 1 is 1.06 bits per heavy atom. The molecule has 4 rings (SSSR count). The van der Waals surface area contributed by atoms with Crippen molar-refractivity contribution in [3.63, 3.8) is 0 Å². The number of likely N-dealkylation sites (tertiary alicyclic amines) is 1. The van der Waals surface area contributed by atoms with Crippen LogP contribution in [0, 0.1) is 6.92 Å². The number of nitrogens with zero attached hydrogens (tertiary/aromatic N) is 2. The Morgan fingerprint density at radius 2 is 1.79 bits per heavy atom. The van der Waals surface area contributed by atoms with Gasteiger partial charge in [-0.2, -0.15) is 0 Å². The number of benzene rings is 2. The molecule has 1 fully saturated rings. The Labute approximate surface area is 193 Å². The van der Waals surface area contributed by atoms with Crippen molar-refractivity contribution in [2.45, 2.75) is 32.9 Å². The number of aromatic nitrogens is 1. The molecule has 1 amide bonds. The van der Waals surface area contributed by atoms with E-state index >= 15 is 0 Å². The number of amides is 1. The number of Topliss-reactive ketones (excluding diaryl/α,β-unsaturated/α-hetero) is 1. The van der Waals surface area contributed by atoms with Gasteiger partial charge >= 0.3 is 0 Å². The van der Waals surface area contributed by atoms with Crippen LogP contribution in [0.3, 0.4) is 0 Å². The number of pyridine rings is 1. The van der Waals surface area contributed by atoms with Crippen molar-refractivity contribution < 1.29 is 19.4 Å². The quantitative estimate of drug-likeness (QED) is 0.323. The Morgan fingerprint density at radius 3 is 2.48 bits per heavy atom. The topological polar surface area (TPSA) is 79.7 Å². The number of ether oxygens (including phenoxy) is 1. The standard InChI is InChI=1S/C27H26N2O4/c1-3-15-33-22-6-4-5-21(16-22)25(30)23-24(20-9-7-18(2)8-10-20)29(27(32)26(23)31)17-19-11-13-28-14-12-19/h4-14,16,24,30H,3,15,17H2,1-2H3. The summed E-state index contributed by atoms with van der Waals surface area (Å²) in [6.07, 6.45) is 4.15. The minimum atomic E-state index is -0.709. The van der Waals surface area contributed by atoms with E-state index in [4.69, 9.17) is 4.74 Å². The van der Waals surface area contributed by atoms with Gasteiger partial charge in [0.2, 0.25) is 0 Å². The fraction of sp³-hybridized carbons (Fsp3) is 0.222. The molecule has 2 heterocycles. The second-order valence-corrected chi connectivity index (χ2v) is 8.07. The predicted octanol–water partition coefficient (Wildman–Crippen LogP) is 4.80. The zero-order valence-electron chi connectivity index (χ0n) is 18.7. The summed E-state index contributed by atoms with van der Waals surface area (Å²) in [6.45, 7) is 4.75. The highest BCUT2D eigenvalue weighted by Gasteiger charge is 2.46. The van der Waals surface area contributed by atoms with Gasteiger partial charge < -0.3 is 14.7 Å². The van der Waals surface area contributed by atoms with E-state index in [0.29, 0.717) is 17.9 Å². The van der Waals surface area contributed by atoms with E-state index in [1.54, 1.807) is 48.8 Å². The molecule has 0 spiro atoms. The molecule has 0 bridgehead atoms. The maximum Gasteiger partial charge on any atom is 0.295 e. The van der Waals surface area contributed by atoms with Crippen LogP contribution in [0.15, 0.2) is 78.6 Å². The lowest BCUT2D eigenvalue weighted by molar-refractivity contribution is -0.140. The zero-order chi connectivity index (χ0) is 23.4. The molecule has 1 saturated heterocycles. The van der Waals surface area contributed by atoms with Gasteiger partial charge in [0.1, 0.15) is 11.5 Å². The number of aliphatic hydroxyl groups is 1. The third-order valence-corrected chi connectivity index (χ3v) is 5.62. The van der Waals surface area contributed by atoms with Gasteiger partial charge in [0.05, 0.1) is 18.2 Å². The molecule has 33 heavy (non-hydrogen) atoms. The summed E-state index contributed by atoms with van der Waals surface area (Å²) >= 11 is 0. The van der Waals surface area contributed by atoms with E-state index in [-0.39, 0.29) is 17.9 Å². The summed E-state index contributed by atoms with van der Waals surface area (Å²) in [5.41, 5.74) is 3.17. The number of hydrogen-bond donors (Lipinski definition) is 1. The van der Waals surface area contributed by atoms with Crippen LogP contribution in [0.25, 0.3) is 5.76 Å². The van der Waals surface area contributed by atoms with Crippen molar-refractivity contribution in [1.82, 2.24) is 9.88 Å². The van der Waals surface area contributed by atoms with Gasteiger partial charge in [-0.25, -0.2) is 0 Å². The molecular weight excluding hydrogens is 416 g/mol. The van der Waals surface area contributed by atoms with E-state index in [0.717, 1.165) is 23.1 Å².